The number of carbonyl (C=O) groups excluding carboxylic acids is 1. The van der Waals surface area contributed by atoms with Crippen LogP contribution in [-0.4, -0.2) is 19.4 Å². The molecule has 0 fully saturated rings. The molecule has 27 heavy (non-hydrogen) atoms. The third kappa shape index (κ3) is 5.47. The fourth-order valence-corrected chi connectivity index (χ4v) is 2.33. The number of benzene rings is 2. The molecule has 0 saturated carbocycles. The first-order valence-corrected chi connectivity index (χ1v) is 8.20. The molecule has 2 aromatic carbocycles. The van der Waals surface area contributed by atoms with E-state index in [0.29, 0.717) is 0 Å². The third-order valence-electron chi connectivity index (χ3n) is 3.63. The maximum Gasteiger partial charge on any atom is 0.419 e. The maximum absolute atomic E-state index is 13.3. The standard InChI is InChI=1S/C20H21F3O4/c1-19(2,3)18(25-4)27-16-12-13(10-11-15(16)20(21,22)23)17(24)26-14-8-6-5-7-9-14/h5-12,18H,1-4H3. The van der Waals surface area contributed by atoms with Crippen LogP contribution in [0, 0.1) is 5.41 Å². The number of hydrogen-bond donors (Lipinski definition) is 0. The molecule has 0 amide bonds. The molecule has 0 aliphatic carbocycles. The van der Waals surface area contributed by atoms with Gasteiger partial charge in [0.1, 0.15) is 11.5 Å². The first kappa shape index (κ1) is 20.8. The van der Waals surface area contributed by atoms with Crippen LogP contribution in [0.5, 0.6) is 11.5 Å². The van der Waals surface area contributed by atoms with Crippen molar-refractivity contribution in [2.24, 2.45) is 5.41 Å². The second-order valence-electron chi connectivity index (χ2n) is 6.96. The van der Waals surface area contributed by atoms with E-state index in [9.17, 15) is 18.0 Å². The summed E-state index contributed by atoms with van der Waals surface area (Å²) in [5, 5.41) is 0. The van der Waals surface area contributed by atoms with Crippen LogP contribution in [0.4, 0.5) is 13.2 Å². The van der Waals surface area contributed by atoms with Gasteiger partial charge in [-0.15, -0.1) is 0 Å². The summed E-state index contributed by atoms with van der Waals surface area (Å²) < 4.78 is 55.9. The number of methoxy groups -OCH3 is 1. The Kier molecular flexibility index (Phi) is 6.15. The Labute approximate surface area is 155 Å². The molecular weight excluding hydrogens is 361 g/mol. The molecular formula is C20H21F3O4. The number of alkyl halides is 3. The zero-order valence-electron chi connectivity index (χ0n) is 15.5. The van der Waals surface area contributed by atoms with Crippen molar-refractivity contribution in [1.29, 1.82) is 0 Å². The van der Waals surface area contributed by atoms with Gasteiger partial charge in [-0.05, 0) is 30.3 Å². The average Bonchev–Trinajstić information content (AvgIpc) is 2.58. The van der Waals surface area contributed by atoms with Gasteiger partial charge in [0, 0.05) is 12.5 Å². The monoisotopic (exact) mass is 382 g/mol. The molecule has 0 spiro atoms. The van der Waals surface area contributed by atoms with Crippen LogP contribution in [0.25, 0.3) is 0 Å². The summed E-state index contributed by atoms with van der Waals surface area (Å²) >= 11 is 0. The number of rotatable bonds is 5. The summed E-state index contributed by atoms with van der Waals surface area (Å²) in [5.41, 5.74) is -1.64. The number of para-hydroxylation sites is 1. The normalized spacial score (nSPS) is 13.1. The Morgan fingerprint density at radius 1 is 1.00 bits per heavy atom. The second kappa shape index (κ2) is 8.00. The van der Waals surface area contributed by atoms with Gasteiger partial charge in [-0.1, -0.05) is 39.0 Å². The highest BCUT2D eigenvalue weighted by atomic mass is 19.4. The van der Waals surface area contributed by atoms with Crippen molar-refractivity contribution in [3.63, 3.8) is 0 Å². The van der Waals surface area contributed by atoms with Crippen LogP contribution in [0.15, 0.2) is 48.5 Å². The molecule has 0 aliphatic rings. The molecule has 0 saturated heterocycles. The van der Waals surface area contributed by atoms with Gasteiger partial charge in [0.2, 0.25) is 6.29 Å². The Bertz CT molecular complexity index is 780. The molecule has 4 nitrogen and oxygen atoms in total. The van der Waals surface area contributed by atoms with Crippen LogP contribution < -0.4 is 9.47 Å². The number of halogens is 3. The van der Waals surface area contributed by atoms with Gasteiger partial charge in [-0.2, -0.15) is 13.2 Å². The summed E-state index contributed by atoms with van der Waals surface area (Å²) in [7, 11) is 1.34. The lowest BCUT2D eigenvalue weighted by atomic mass is 9.96. The lowest BCUT2D eigenvalue weighted by Crippen LogP contribution is -2.34. The van der Waals surface area contributed by atoms with Crippen LogP contribution in [0.3, 0.4) is 0 Å². The molecule has 1 atom stereocenters. The van der Waals surface area contributed by atoms with Crippen LogP contribution in [0.2, 0.25) is 0 Å². The Balaban J connectivity index is 2.37. The van der Waals surface area contributed by atoms with E-state index in [1.54, 1.807) is 51.1 Å². The van der Waals surface area contributed by atoms with Gasteiger partial charge in [0.05, 0.1) is 11.1 Å². The van der Waals surface area contributed by atoms with E-state index in [1.807, 2.05) is 0 Å². The maximum atomic E-state index is 13.3. The fourth-order valence-electron chi connectivity index (χ4n) is 2.33. The summed E-state index contributed by atoms with van der Waals surface area (Å²) in [5.74, 6) is -0.995. The van der Waals surface area contributed by atoms with Crippen molar-refractivity contribution in [2.75, 3.05) is 7.11 Å². The number of carbonyl (C=O) groups is 1. The van der Waals surface area contributed by atoms with E-state index in [1.165, 1.54) is 7.11 Å². The average molecular weight is 382 g/mol. The van der Waals surface area contributed by atoms with Gasteiger partial charge in [0.15, 0.2) is 0 Å². The Morgan fingerprint density at radius 2 is 1.63 bits per heavy atom. The minimum atomic E-state index is -4.65. The predicted molar refractivity (Wildman–Crippen MR) is 93.7 cm³/mol. The molecule has 0 radical (unpaired) electrons. The minimum absolute atomic E-state index is 0.0642. The van der Waals surface area contributed by atoms with Gasteiger partial charge < -0.3 is 14.2 Å². The van der Waals surface area contributed by atoms with E-state index in [0.717, 1.165) is 18.2 Å². The molecule has 7 heteroatoms. The van der Waals surface area contributed by atoms with Gasteiger partial charge in [-0.25, -0.2) is 4.79 Å². The van der Waals surface area contributed by atoms with Crippen molar-refractivity contribution in [2.45, 2.75) is 33.2 Å². The van der Waals surface area contributed by atoms with Gasteiger partial charge >= 0.3 is 12.1 Å². The number of hydrogen-bond acceptors (Lipinski definition) is 4. The van der Waals surface area contributed by atoms with Gasteiger partial charge in [0.25, 0.3) is 0 Å². The van der Waals surface area contributed by atoms with Crippen molar-refractivity contribution in [3.8, 4) is 11.5 Å². The molecule has 2 aromatic rings. The summed E-state index contributed by atoms with van der Waals surface area (Å²) in [6, 6.07) is 11.1. The predicted octanol–water partition coefficient (Wildman–Crippen LogP) is 5.32. The lowest BCUT2D eigenvalue weighted by molar-refractivity contribution is -0.148. The van der Waals surface area contributed by atoms with Crippen LogP contribution >= 0.6 is 0 Å². The third-order valence-corrected chi connectivity index (χ3v) is 3.63. The topological polar surface area (TPSA) is 44.8 Å². The van der Waals surface area contributed by atoms with Crippen molar-refractivity contribution in [1.82, 2.24) is 0 Å². The van der Waals surface area contributed by atoms with E-state index in [2.05, 4.69) is 0 Å². The summed E-state index contributed by atoms with van der Waals surface area (Å²) in [6.07, 6.45) is -5.59. The minimum Gasteiger partial charge on any atom is -0.464 e. The molecule has 0 bridgehead atoms. The summed E-state index contributed by atoms with van der Waals surface area (Å²) in [6.45, 7) is 5.30. The smallest absolute Gasteiger partial charge is 0.419 e. The number of ether oxygens (including phenoxy) is 3. The largest absolute Gasteiger partial charge is 0.464 e. The van der Waals surface area contributed by atoms with Crippen molar-refractivity contribution in [3.05, 3.63) is 59.7 Å². The molecule has 2 rings (SSSR count). The summed E-state index contributed by atoms with van der Waals surface area (Å²) in [4.78, 5) is 12.3. The molecule has 1 unspecified atom stereocenters. The molecule has 0 N–H and O–H groups in total. The highest BCUT2D eigenvalue weighted by Gasteiger charge is 2.37. The molecule has 146 valence electrons. The Hall–Kier alpha value is -2.54. The fraction of sp³-hybridized carbons (Fsp3) is 0.350. The highest BCUT2D eigenvalue weighted by Crippen LogP contribution is 2.38. The zero-order chi connectivity index (χ0) is 20.2. The molecule has 0 aromatic heterocycles. The highest BCUT2D eigenvalue weighted by molar-refractivity contribution is 5.91. The van der Waals surface area contributed by atoms with E-state index >= 15 is 0 Å². The second-order valence-corrected chi connectivity index (χ2v) is 6.96. The quantitative estimate of drug-likeness (QED) is 0.399. The van der Waals surface area contributed by atoms with Crippen molar-refractivity contribution < 1.29 is 32.2 Å². The lowest BCUT2D eigenvalue weighted by Gasteiger charge is -2.30. The molecule has 0 heterocycles. The van der Waals surface area contributed by atoms with Crippen LogP contribution in [0.1, 0.15) is 36.7 Å². The van der Waals surface area contributed by atoms with Crippen LogP contribution in [-0.2, 0) is 10.9 Å². The SMILES string of the molecule is COC(Oc1cc(C(=O)Oc2ccccc2)ccc1C(F)(F)F)C(C)(C)C. The zero-order valence-corrected chi connectivity index (χ0v) is 15.5. The molecule has 0 aliphatic heterocycles. The first-order valence-electron chi connectivity index (χ1n) is 8.20. The van der Waals surface area contributed by atoms with E-state index in [4.69, 9.17) is 14.2 Å². The van der Waals surface area contributed by atoms with E-state index < -0.39 is 35.2 Å². The first-order chi connectivity index (χ1) is 12.5. The van der Waals surface area contributed by atoms with Gasteiger partial charge in [-0.3, -0.25) is 0 Å². The van der Waals surface area contributed by atoms with E-state index in [-0.39, 0.29) is 11.3 Å². The Morgan fingerprint density at radius 3 is 2.15 bits per heavy atom. The van der Waals surface area contributed by atoms with Crippen molar-refractivity contribution >= 4 is 5.97 Å². The number of esters is 1.